The number of thiazole rings is 1. The summed E-state index contributed by atoms with van der Waals surface area (Å²) in [5, 5.41) is 10.9. The highest BCUT2D eigenvalue weighted by Gasteiger charge is 2.33. The van der Waals surface area contributed by atoms with Gasteiger partial charge >= 0.3 is 11.9 Å². The van der Waals surface area contributed by atoms with Crippen LogP contribution >= 0.6 is 23.1 Å². The van der Waals surface area contributed by atoms with Gasteiger partial charge in [0.2, 0.25) is 0 Å². The maximum absolute atomic E-state index is 13.4. The Morgan fingerprint density at radius 2 is 2.06 bits per heavy atom. The number of hydrogen-bond acceptors (Lipinski definition) is 9. The number of rotatable bonds is 6. The number of ether oxygens (including phenoxy) is 1. The molecule has 0 saturated carbocycles. The number of furan rings is 1. The van der Waals surface area contributed by atoms with E-state index < -0.39 is 22.8 Å². The van der Waals surface area contributed by atoms with Gasteiger partial charge in [0.05, 0.1) is 34.5 Å². The van der Waals surface area contributed by atoms with Gasteiger partial charge in [-0.15, -0.1) is 11.8 Å². The van der Waals surface area contributed by atoms with Crippen LogP contribution in [0.25, 0.3) is 6.08 Å². The molecule has 0 amide bonds. The van der Waals surface area contributed by atoms with Crippen LogP contribution in [0.4, 0.5) is 5.88 Å². The topological polar surface area (TPSA) is 117 Å². The highest BCUT2D eigenvalue weighted by molar-refractivity contribution is 7.98. The van der Waals surface area contributed by atoms with E-state index in [0.29, 0.717) is 16.1 Å². The van der Waals surface area contributed by atoms with Crippen LogP contribution in [0.15, 0.2) is 66.8 Å². The summed E-state index contributed by atoms with van der Waals surface area (Å²) >= 11 is 2.71. The Kier molecular flexibility index (Phi) is 6.34. The van der Waals surface area contributed by atoms with Crippen molar-refractivity contribution in [3.05, 3.63) is 88.8 Å². The molecule has 1 aromatic carbocycles. The van der Waals surface area contributed by atoms with Crippen LogP contribution < -0.4 is 14.9 Å². The van der Waals surface area contributed by atoms with Crippen LogP contribution in [0.5, 0.6) is 0 Å². The lowest BCUT2D eigenvalue weighted by Gasteiger charge is -2.24. The lowest BCUT2D eigenvalue weighted by atomic mass is 9.96. The molecule has 1 atom stereocenters. The van der Waals surface area contributed by atoms with Crippen LogP contribution in [-0.4, -0.2) is 28.3 Å². The number of carbonyl (C=O) groups excluding carboxylic acids is 1. The highest BCUT2D eigenvalue weighted by atomic mass is 32.2. The average Bonchev–Trinajstić information content (AvgIpc) is 3.38. The molecule has 0 N–H and O–H groups in total. The summed E-state index contributed by atoms with van der Waals surface area (Å²) in [5.41, 5.74) is 1.12. The molecule has 33 heavy (non-hydrogen) atoms. The Morgan fingerprint density at radius 1 is 1.33 bits per heavy atom. The first-order valence-electron chi connectivity index (χ1n) is 9.92. The number of allylic oxidation sites excluding steroid dienone is 1. The fraction of sp³-hybridized carbons (Fsp3) is 0.227. The number of carbonyl (C=O) groups is 1. The summed E-state index contributed by atoms with van der Waals surface area (Å²) in [7, 11) is 0. The molecule has 0 radical (unpaired) electrons. The van der Waals surface area contributed by atoms with Gasteiger partial charge in [-0.2, -0.15) is 0 Å². The maximum Gasteiger partial charge on any atom is 0.433 e. The van der Waals surface area contributed by atoms with E-state index in [-0.39, 0.29) is 22.5 Å². The lowest BCUT2D eigenvalue weighted by molar-refractivity contribution is -0.402. The van der Waals surface area contributed by atoms with E-state index >= 15 is 0 Å². The molecular formula is C22H19N3O6S2. The second kappa shape index (κ2) is 9.20. The fourth-order valence-electron chi connectivity index (χ4n) is 3.54. The van der Waals surface area contributed by atoms with Crippen LogP contribution in [0.2, 0.25) is 0 Å². The number of hydrogen-bond donors (Lipinski definition) is 0. The maximum atomic E-state index is 13.4. The predicted octanol–water partition coefficient (Wildman–Crippen LogP) is 3.02. The van der Waals surface area contributed by atoms with Crippen molar-refractivity contribution in [3.8, 4) is 0 Å². The number of nitrogens with zero attached hydrogens (tertiary/aromatic N) is 3. The van der Waals surface area contributed by atoms with Gasteiger partial charge in [-0.05, 0) is 43.9 Å². The van der Waals surface area contributed by atoms with Crippen molar-refractivity contribution >= 4 is 41.0 Å². The minimum absolute atomic E-state index is 0.175. The molecule has 9 nitrogen and oxygen atoms in total. The highest BCUT2D eigenvalue weighted by Crippen LogP contribution is 2.31. The molecule has 1 unspecified atom stereocenters. The third-order valence-electron chi connectivity index (χ3n) is 5.01. The molecule has 3 aromatic rings. The van der Waals surface area contributed by atoms with Gasteiger partial charge in [-0.25, -0.2) is 9.79 Å². The molecular weight excluding hydrogens is 466 g/mol. The van der Waals surface area contributed by atoms with E-state index in [1.165, 1.54) is 22.8 Å². The second-order valence-electron chi connectivity index (χ2n) is 7.01. The smallest absolute Gasteiger partial charge is 0.433 e. The summed E-state index contributed by atoms with van der Waals surface area (Å²) in [4.78, 5) is 42.5. The van der Waals surface area contributed by atoms with E-state index in [1.807, 2.05) is 30.5 Å². The quantitative estimate of drug-likeness (QED) is 0.228. The first-order valence-corrected chi connectivity index (χ1v) is 12.0. The monoisotopic (exact) mass is 485 g/mol. The zero-order valence-electron chi connectivity index (χ0n) is 17.9. The summed E-state index contributed by atoms with van der Waals surface area (Å²) in [6.07, 6.45) is 3.40. The van der Waals surface area contributed by atoms with Gasteiger partial charge in [0.25, 0.3) is 5.56 Å². The first kappa shape index (κ1) is 22.7. The Labute approximate surface area is 195 Å². The number of thioether (sulfide) groups is 1. The molecule has 0 saturated heterocycles. The molecule has 0 fully saturated rings. The molecule has 4 rings (SSSR count). The first-order chi connectivity index (χ1) is 15.8. The molecule has 2 aromatic heterocycles. The zero-order valence-corrected chi connectivity index (χ0v) is 19.6. The largest absolute Gasteiger partial charge is 0.463 e. The molecule has 3 heterocycles. The van der Waals surface area contributed by atoms with Crippen molar-refractivity contribution in [2.45, 2.75) is 24.8 Å². The van der Waals surface area contributed by atoms with E-state index in [0.717, 1.165) is 21.8 Å². The van der Waals surface area contributed by atoms with E-state index in [1.54, 1.807) is 25.6 Å². The van der Waals surface area contributed by atoms with Gasteiger partial charge in [0.1, 0.15) is 10.7 Å². The Balaban J connectivity index is 1.91. The van der Waals surface area contributed by atoms with Gasteiger partial charge in [-0.1, -0.05) is 23.5 Å². The normalized spacial score (nSPS) is 15.8. The van der Waals surface area contributed by atoms with E-state index in [9.17, 15) is 19.7 Å². The summed E-state index contributed by atoms with van der Waals surface area (Å²) in [6, 6.07) is 9.53. The Hall–Kier alpha value is -3.44. The summed E-state index contributed by atoms with van der Waals surface area (Å²) in [5.74, 6) is -0.774. The van der Waals surface area contributed by atoms with Gasteiger partial charge < -0.3 is 9.15 Å². The average molecular weight is 486 g/mol. The number of benzene rings is 1. The summed E-state index contributed by atoms with van der Waals surface area (Å²) in [6.45, 7) is 3.62. The van der Waals surface area contributed by atoms with Crippen molar-refractivity contribution in [1.29, 1.82) is 0 Å². The minimum atomic E-state index is -0.718. The SMILES string of the molecule is CCOC(=O)C1=C(C)N=c2sc(=Cc3ccc([N+](=O)[O-])o3)c(=O)n2C1c1ccc(SC)cc1. The molecule has 0 aliphatic carbocycles. The van der Waals surface area contributed by atoms with Crippen molar-refractivity contribution < 1.29 is 18.9 Å². The number of nitro groups is 1. The number of aromatic nitrogens is 1. The van der Waals surface area contributed by atoms with E-state index in [2.05, 4.69) is 4.99 Å². The van der Waals surface area contributed by atoms with Gasteiger partial charge in [0, 0.05) is 11.0 Å². The Bertz CT molecular complexity index is 1450. The van der Waals surface area contributed by atoms with Crippen LogP contribution in [0.3, 0.4) is 0 Å². The predicted molar refractivity (Wildman–Crippen MR) is 124 cm³/mol. The zero-order chi connectivity index (χ0) is 23.7. The lowest BCUT2D eigenvalue weighted by Crippen LogP contribution is -2.39. The van der Waals surface area contributed by atoms with E-state index in [4.69, 9.17) is 9.15 Å². The third-order valence-corrected chi connectivity index (χ3v) is 6.74. The van der Waals surface area contributed by atoms with Crippen molar-refractivity contribution in [1.82, 2.24) is 4.57 Å². The molecule has 1 aliphatic heterocycles. The van der Waals surface area contributed by atoms with Crippen LogP contribution in [0.1, 0.15) is 31.2 Å². The fourth-order valence-corrected chi connectivity index (χ4v) is 4.98. The van der Waals surface area contributed by atoms with Crippen LogP contribution in [0, 0.1) is 10.1 Å². The molecule has 170 valence electrons. The molecule has 1 aliphatic rings. The molecule has 0 bridgehead atoms. The molecule has 0 spiro atoms. The minimum Gasteiger partial charge on any atom is -0.463 e. The van der Waals surface area contributed by atoms with Gasteiger partial charge in [0.15, 0.2) is 4.80 Å². The van der Waals surface area contributed by atoms with Crippen LogP contribution in [-0.2, 0) is 9.53 Å². The third kappa shape index (κ3) is 4.29. The van der Waals surface area contributed by atoms with Crippen molar-refractivity contribution in [2.24, 2.45) is 4.99 Å². The Morgan fingerprint density at radius 3 is 2.67 bits per heavy atom. The second-order valence-corrected chi connectivity index (χ2v) is 8.90. The number of esters is 1. The molecule has 11 heteroatoms. The van der Waals surface area contributed by atoms with Crippen molar-refractivity contribution in [3.63, 3.8) is 0 Å². The number of fused-ring (bicyclic) bond motifs is 1. The van der Waals surface area contributed by atoms with Crippen molar-refractivity contribution in [2.75, 3.05) is 12.9 Å². The summed E-state index contributed by atoms with van der Waals surface area (Å²) < 4.78 is 12.2. The van der Waals surface area contributed by atoms with Gasteiger partial charge in [-0.3, -0.25) is 19.5 Å². The standard InChI is InChI=1S/C22H19N3O6S2/c1-4-30-21(27)18-12(2)23-22-24(19(18)13-5-8-15(32-3)9-6-13)20(26)16(33-22)11-14-7-10-17(31-14)25(28)29/h5-11,19H,4H2,1-3H3.